The lowest BCUT2D eigenvalue weighted by Gasteiger charge is -2.11. The fourth-order valence-corrected chi connectivity index (χ4v) is 1.14. The minimum Gasteiger partial charge on any atom is -0.387 e. The molecule has 4 atom stereocenters. The highest BCUT2D eigenvalue weighted by Gasteiger charge is 2.42. The Morgan fingerprint density at radius 2 is 2.08 bits per heavy atom. The van der Waals surface area contributed by atoms with Crippen LogP contribution in [-0.4, -0.2) is 48.5 Å². The van der Waals surface area contributed by atoms with Crippen LogP contribution < -0.4 is 5.90 Å². The van der Waals surface area contributed by atoms with Gasteiger partial charge in [-0.3, -0.25) is 0 Å². The van der Waals surface area contributed by atoms with Gasteiger partial charge >= 0.3 is 0 Å². The van der Waals surface area contributed by atoms with Gasteiger partial charge in [-0.05, 0) is 0 Å². The molecule has 1 fully saturated rings. The van der Waals surface area contributed by atoms with Crippen LogP contribution in [0.25, 0.3) is 0 Å². The molecular formula is C6H13NO5. The first kappa shape index (κ1) is 9.85. The van der Waals surface area contributed by atoms with E-state index in [2.05, 4.69) is 4.84 Å². The van der Waals surface area contributed by atoms with Crippen LogP contribution in [0.3, 0.4) is 0 Å². The minimum absolute atomic E-state index is 0.0259. The number of hydrogen-bond donors (Lipinski definition) is 3. The third-order valence-corrected chi connectivity index (χ3v) is 1.81. The molecule has 1 heterocycles. The molecule has 0 amide bonds. The van der Waals surface area contributed by atoms with Crippen molar-refractivity contribution in [2.75, 3.05) is 13.7 Å². The van der Waals surface area contributed by atoms with E-state index in [-0.39, 0.29) is 6.61 Å². The van der Waals surface area contributed by atoms with Gasteiger partial charge in [0.2, 0.25) is 0 Å². The van der Waals surface area contributed by atoms with Crippen LogP contribution >= 0.6 is 0 Å². The average Bonchev–Trinajstić information content (AvgIpc) is 2.33. The highest BCUT2D eigenvalue weighted by molar-refractivity contribution is 4.86. The van der Waals surface area contributed by atoms with E-state index < -0.39 is 24.6 Å². The molecule has 1 aliphatic rings. The SMILES string of the molecule is CO[C@@H]1O[C@H](CON)[C@@H](O)[C@H]1O. The summed E-state index contributed by atoms with van der Waals surface area (Å²) in [7, 11) is 1.38. The maximum atomic E-state index is 9.30. The molecule has 0 spiro atoms. The number of aliphatic hydroxyl groups excluding tert-OH is 2. The summed E-state index contributed by atoms with van der Waals surface area (Å²) in [5, 5.41) is 18.6. The topological polar surface area (TPSA) is 94.2 Å². The van der Waals surface area contributed by atoms with Crippen molar-refractivity contribution in [3.8, 4) is 0 Å². The van der Waals surface area contributed by atoms with E-state index in [9.17, 15) is 10.2 Å². The normalized spacial score (nSPS) is 42.0. The summed E-state index contributed by atoms with van der Waals surface area (Å²) in [6.45, 7) is 0.0259. The summed E-state index contributed by atoms with van der Waals surface area (Å²) >= 11 is 0. The van der Waals surface area contributed by atoms with Crippen molar-refractivity contribution in [2.45, 2.75) is 24.6 Å². The number of aliphatic hydroxyl groups is 2. The second kappa shape index (κ2) is 4.13. The molecule has 0 aliphatic carbocycles. The van der Waals surface area contributed by atoms with Gasteiger partial charge in [0.15, 0.2) is 6.29 Å². The second-order valence-electron chi connectivity index (χ2n) is 2.59. The maximum absolute atomic E-state index is 9.30. The van der Waals surface area contributed by atoms with Gasteiger partial charge in [-0.2, -0.15) is 0 Å². The van der Waals surface area contributed by atoms with Crippen molar-refractivity contribution in [3.63, 3.8) is 0 Å². The second-order valence-corrected chi connectivity index (χ2v) is 2.59. The monoisotopic (exact) mass is 179 g/mol. The summed E-state index contributed by atoms with van der Waals surface area (Å²) in [6, 6.07) is 0. The van der Waals surface area contributed by atoms with Gasteiger partial charge in [0, 0.05) is 7.11 Å². The molecule has 0 saturated carbocycles. The molecule has 0 aromatic carbocycles. The van der Waals surface area contributed by atoms with Crippen LogP contribution in [0.5, 0.6) is 0 Å². The molecule has 0 radical (unpaired) electrons. The molecule has 12 heavy (non-hydrogen) atoms. The molecule has 0 bridgehead atoms. The fraction of sp³-hybridized carbons (Fsp3) is 1.00. The van der Waals surface area contributed by atoms with E-state index in [0.717, 1.165) is 0 Å². The standard InChI is InChI=1S/C6H13NO5/c1-10-6-5(9)4(8)3(12-6)2-11-7/h3-6,8-9H,2,7H2,1H3/t3-,4-,5-,6-/m1/s1. The molecular weight excluding hydrogens is 166 g/mol. The molecule has 0 unspecified atom stereocenters. The summed E-state index contributed by atoms with van der Waals surface area (Å²) in [6.07, 6.45) is -3.50. The predicted octanol–water partition coefficient (Wildman–Crippen LogP) is -2.03. The molecule has 0 aromatic rings. The first-order chi connectivity index (χ1) is 5.70. The Balaban J connectivity index is 2.48. The van der Waals surface area contributed by atoms with Gasteiger partial charge in [0.05, 0.1) is 6.61 Å². The Bertz CT molecular complexity index is 144. The summed E-state index contributed by atoms with van der Waals surface area (Å²) in [4.78, 5) is 4.29. The third kappa shape index (κ3) is 1.74. The van der Waals surface area contributed by atoms with Crippen LogP contribution in [0, 0.1) is 0 Å². The highest BCUT2D eigenvalue weighted by atomic mass is 16.7. The Kier molecular flexibility index (Phi) is 3.39. The average molecular weight is 179 g/mol. The number of nitrogens with two attached hydrogens (primary N) is 1. The van der Waals surface area contributed by atoms with E-state index in [1.54, 1.807) is 0 Å². The molecule has 1 saturated heterocycles. The van der Waals surface area contributed by atoms with Gasteiger partial charge in [0.25, 0.3) is 0 Å². The fourth-order valence-electron chi connectivity index (χ4n) is 1.14. The van der Waals surface area contributed by atoms with E-state index in [4.69, 9.17) is 15.4 Å². The number of rotatable bonds is 3. The lowest BCUT2D eigenvalue weighted by Crippen LogP contribution is -2.35. The number of ether oxygens (including phenoxy) is 2. The zero-order valence-electron chi connectivity index (χ0n) is 6.71. The number of methoxy groups -OCH3 is 1. The third-order valence-electron chi connectivity index (χ3n) is 1.81. The van der Waals surface area contributed by atoms with Crippen LogP contribution in [0.15, 0.2) is 0 Å². The van der Waals surface area contributed by atoms with Crippen LogP contribution in [-0.2, 0) is 14.3 Å². The zero-order valence-corrected chi connectivity index (χ0v) is 6.71. The van der Waals surface area contributed by atoms with Crippen molar-refractivity contribution in [1.29, 1.82) is 0 Å². The van der Waals surface area contributed by atoms with Crippen molar-refractivity contribution < 1.29 is 24.5 Å². The number of hydrogen-bond acceptors (Lipinski definition) is 6. The highest BCUT2D eigenvalue weighted by Crippen LogP contribution is 2.21. The molecule has 1 rings (SSSR count). The van der Waals surface area contributed by atoms with E-state index in [1.165, 1.54) is 7.11 Å². The Morgan fingerprint density at radius 3 is 2.50 bits per heavy atom. The van der Waals surface area contributed by atoms with Gasteiger partial charge in [-0.25, -0.2) is 5.90 Å². The van der Waals surface area contributed by atoms with Crippen molar-refractivity contribution >= 4 is 0 Å². The summed E-state index contributed by atoms with van der Waals surface area (Å²) < 4.78 is 9.79. The van der Waals surface area contributed by atoms with E-state index in [1.807, 2.05) is 0 Å². The Labute approximate surface area is 69.8 Å². The molecule has 6 heteroatoms. The Morgan fingerprint density at radius 1 is 1.42 bits per heavy atom. The zero-order chi connectivity index (χ0) is 9.14. The first-order valence-corrected chi connectivity index (χ1v) is 3.56. The predicted molar refractivity (Wildman–Crippen MR) is 37.8 cm³/mol. The molecule has 1 aliphatic heterocycles. The van der Waals surface area contributed by atoms with Gasteiger partial charge in [0.1, 0.15) is 18.3 Å². The maximum Gasteiger partial charge on any atom is 0.186 e. The Hall–Kier alpha value is -0.240. The van der Waals surface area contributed by atoms with Crippen molar-refractivity contribution in [3.05, 3.63) is 0 Å². The molecule has 0 aromatic heterocycles. The van der Waals surface area contributed by atoms with Crippen molar-refractivity contribution in [2.24, 2.45) is 5.90 Å². The largest absolute Gasteiger partial charge is 0.387 e. The van der Waals surface area contributed by atoms with Gasteiger partial charge in [-0.15, -0.1) is 0 Å². The summed E-state index contributed by atoms with van der Waals surface area (Å²) in [5.74, 6) is 4.79. The van der Waals surface area contributed by atoms with Gasteiger partial charge < -0.3 is 24.5 Å². The lowest BCUT2D eigenvalue weighted by atomic mass is 10.1. The van der Waals surface area contributed by atoms with Crippen LogP contribution in [0.2, 0.25) is 0 Å². The molecule has 4 N–H and O–H groups in total. The molecule has 72 valence electrons. The van der Waals surface area contributed by atoms with Gasteiger partial charge in [-0.1, -0.05) is 0 Å². The van der Waals surface area contributed by atoms with Crippen LogP contribution in [0.1, 0.15) is 0 Å². The quantitative estimate of drug-likeness (QED) is 0.432. The van der Waals surface area contributed by atoms with E-state index in [0.29, 0.717) is 0 Å². The van der Waals surface area contributed by atoms with Crippen LogP contribution in [0.4, 0.5) is 0 Å². The minimum atomic E-state index is -1.05. The summed E-state index contributed by atoms with van der Waals surface area (Å²) in [5.41, 5.74) is 0. The smallest absolute Gasteiger partial charge is 0.186 e. The van der Waals surface area contributed by atoms with Crippen molar-refractivity contribution in [1.82, 2.24) is 0 Å². The molecule has 6 nitrogen and oxygen atoms in total. The first-order valence-electron chi connectivity index (χ1n) is 3.56. The lowest BCUT2D eigenvalue weighted by molar-refractivity contribution is -0.156. The van der Waals surface area contributed by atoms with E-state index >= 15 is 0 Å².